The van der Waals surface area contributed by atoms with E-state index in [-0.39, 0.29) is 4.90 Å². The minimum absolute atomic E-state index is 0.295. The van der Waals surface area contributed by atoms with E-state index in [4.69, 9.17) is 28.4 Å². The molecule has 1 aliphatic carbocycles. The van der Waals surface area contributed by atoms with Gasteiger partial charge in [-0.1, -0.05) is 11.8 Å². The van der Waals surface area contributed by atoms with Gasteiger partial charge < -0.3 is 38.6 Å². The van der Waals surface area contributed by atoms with E-state index in [1.54, 1.807) is 0 Å². The summed E-state index contributed by atoms with van der Waals surface area (Å²) in [5.41, 5.74) is -2.39. The predicted molar refractivity (Wildman–Crippen MR) is 132 cm³/mol. The first kappa shape index (κ1) is 30.4. The highest BCUT2D eigenvalue weighted by atomic mass is 32.2. The number of allylic oxidation sites excluding steroid dienone is 2. The van der Waals surface area contributed by atoms with Crippen LogP contribution in [0.3, 0.4) is 0 Å². The summed E-state index contributed by atoms with van der Waals surface area (Å²) in [7, 11) is 1.13. The number of benzene rings is 1. The molecule has 1 aromatic carbocycles. The number of fused-ring (bicyclic) bond motifs is 1. The number of aromatic hydroxyl groups is 2. The average Bonchev–Trinajstić information content (AvgIpc) is 2.85. The molecule has 1 heterocycles. The van der Waals surface area contributed by atoms with Crippen molar-refractivity contribution in [3.63, 3.8) is 0 Å². The third kappa shape index (κ3) is 6.37. The topological polar surface area (TPSA) is 198 Å². The van der Waals surface area contributed by atoms with Crippen molar-refractivity contribution in [3.8, 4) is 17.2 Å². The number of carbonyl (C=O) groups is 6. The number of phenolic OH excluding ortho intramolecular Hbond substituents is 2. The quantitative estimate of drug-likeness (QED) is 0.252. The number of thioether (sulfide) groups is 1. The summed E-state index contributed by atoms with van der Waals surface area (Å²) in [6.45, 7) is 3.80. The molecule has 3 rings (SSSR count). The van der Waals surface area contributed by atoms with Crippen molar-refractivity contribution < 1.29 is 67.4 Å². The van der Waals surface area contributed by atoms with Gasteiger partial charge in [-0.2, -0.15) is 0 Å². The van der Waals surface area contributed by atoms with E-state index in [9.17, 15) is 39.0 Å². The number of methoxy groups -OCH3 is 1. The Labute approximate surface area is 231 Å². The Morgan fingerprint density at radius 3 is 1.80 bits per heavy atom. The molecule has 0 spiro atoms. The molecule has 1 aliphatic heterocycles. The number of esters is 4. The van der Waals surface area contributed by atoms with Crippen LogP contribution in [0, 0.1) is 0 Å². The molecular formula is C25H26O14S. The van der Waals surface area contributed by atoms with Crippen LogP contribution in [-0.4, -0.2) is 89.2 Å². The van der Waals surface area contributed by atoms with Crippen molar-refractivity contribution >= 4 is 47.2 Å². The van der Waals surface area contributed by atoms with E-state index in [2.05, 4.69) is 0 Å². The molecule has 0 amide bonds. The van der Waals surface area contributed by atoms with E-state index in [1.807, 2.05) is 0 Å². The van der Waals surface area contributed by atoms with Crippen LogP contribution >= 0.6 is 11.8 Å². The van der Waals surface area contributed by atoms with Crippen LogP contribution in [-0.2, 0) is 42.9 Å². The van der Waals surface area contributed by atoms with Gasteiger partial charge in [-0.15, -0.1) is 0 Å². The molecule has 2 N–H and O–H groups in total. The van der Waals surface area contributed by atoms with Crippen molar-refractivity contribution in [2.45, 2.75) is 62.4 Å². The van der Waals surface area contributed by atoms with Crippen molar-refractivity contribution in [2.75, 3.05) is 13.7 Å². The van der Waals surface area contributed by atoms with Crippen molar-refractivity contribution in [2.24, 2.45) is 0 Å². The number of hydrogen-bond donors (Lipinski definition) is 2. The molecule has 14 nitrogen and oxygen atoms in total. The van der Waals surface area contributed by atoms with Gasteiger partial charge >= 0.3 is 23.9 Å². The fourth-order valence-corrected chi connectivity index (χ4v) is 5.45. The smallest absolute Gasteiger partial charge is 0.303 e. The van der Waals surface area contributed by atoms with Gasteiger partial charge in [0.15, 0.2) is 41.4 Å². The molecule has 40 heavy (non-hydrogen) atoms. The van der Waals surface area contributed by atoms with E-state index in [0.29, 0.717) is 11.8 Å². The zero-order chi connectivity index (χ0) is 29.9. The maximum absolute atomic E-state index is 12.6. The maximum atomic E-state index is 12.6. The second-order valence-corrected chi connectivity index (χ2v) is 9.67. The predicted octanol–water partition coefficient (Wildman–Crippen LogP) is 1.22. The van der Waals surface area contributed by atoms with Crippen LogP contribution in [0.25, 0.3) is 0 Å². The summed E-state index contributed by atoms with van der Waals surface area (Å²) in [6.07, 6.45) is -3.87. The lowest BCUT2D eigenvalue weighted by molar-refractivity contribution is -0.237. The number of ketones is 2. The number of phenols is 2. The molecule has 1 fully saturated rings. The van der Waals surface area contributed by atoms with Crippen molar-refractivity contribution in [1.82, 2.24) is 0 Å². The van der Waals surface area contributed by atoms with Gasteiger partial charge in [0, 0.05) is 27.7 Å². The minimum Gasteiger partial charge on any atom is -0.506 e. The average molecular weight is 583 g/mol. The lowest BCUT2D eigenvalue weighted by Gasteiger charge is -2.44. The fraction of sp³-hybridized carbons (Fsp3) is 0.440. The third-order valence-corrected chi connectivity index (χ3v) is 6.85. The van der Waals surface area contributed by atoms with Crippen molar-refractivity contribution in [1.29, 1.82) is 0 Å². The number of ether oxygens (including phenoxy) is 6. The first-order valence-electron chi connectivity index (χ1n) is 11.7. The molecule has 0 radical (unpaired) electrons. The van der Waals surface area contributed by atoms with E-state index in [1.165, 1.54) is 0 Å². The van der Waals surface area contributed by atoms with Crippen LogP contribution in [0.5, 0.6) is 17.2 Å². The van der Waals surface area contributed by atoms with E-state index < -0.39 is 100 Å². The van der Waals surface area contributed by atoms with Crippen LogP contribution < -0.4 is 4.74 Å². The molecule has 2 aliphatic rings. The fourth-order valence-electron chi connectivity index (χ4n) is 4.18. The Balaban J connectivity index is 2.18. The van der Waals surface area contributed by atoms with Gasteiger partial charge in [0.2, 0.25) is 0 Å². The second kappa shape index (κ2) is 12.4. The summed E-state index contributed by atoms with van der Waals surface area (Å²) >= 11 is 0.578. The monoisotopic (exact) mass is 582 g/mol. The summed E-state index contributed by atoms with van der Waals surface area (Å²) in [6, 6.07) is 0. The molecule has 216 valence electrons. The molecule has 15 heteroatoms. The van der Waals surface area contributed by atoms with Crippen LogP contribution in [0.1, 0.15) is 48.4 Å². The Kier molecular flexibility index (Phi) is 9.42. The molecule has 5 atom stereocenters. The van der Waals surface area contributed by atoms with Gasteiger partial charge in [0.25, 0.3) is 0 Å². The van der Waals surface area contributed by atoms with Gasteiger partial charge in [-0.3, -0.25) is 28.8 Å². The lowest BCUT2D eigenvalue weighted by Crippen LogP contribution is -2.61. The molecule has 0 unspecified atom stereocenters. The highest BCUT2D eigenvalue weighted by Gasteiger charge is 2.53. The maximum Gasteiger partial charge on any atom is 0.303 e. The minimum atomic E-state index is -1.51. The van der Waals surface area contributed by atoms with E-state index >= 15 is 0 Å². The molecule has 0 aromatic heterocycles. The molecule has 0 bridgehead atoms. The third-order valence-electron chi connectivity index (χ3n) is 5.63. The standard InChI is InChI=1S/C25H26O14S/c1-9(26)35-8-15-20(36-10(2)27)22(37-11(3)28)23(38-12(4)29)25(39-15)40-24-19(33)17-14(31)7-6-13(30)16(17)18(32)21(24)34-5/h6-7,15,20,22-23,25,32-33H,8H2,1-5H3/t15-,20+,22-,23+,25-/m0/s1. The lowest BCUT2D eigenvalue weighted by atomic mass is 9.92. The molecule has 0 saturated carbocycles. The number of carbonyl (C=O) groups excluding carboxylic acids is 6. The van der Waals surface area contributed by atoms with Gasteiger partial charge in [0.05, 0.1) is 23.1 Å². The summed E-state index contributed by atoms with van der Waals surface area (Å²) < 4.78 is 32.3. The Bertz CT molecular complexity index is 1280. The highest BCUT2D eigenvalue weighted by Crippen LogP contribution is 2.52. The zero-order valence-corrected chi connectivity index (χ0v) is 22.8. The van der Waals surface area contributed by atoms with Crippen molar-refractivity contribution in [3.05, 3.63) is 23.3 Å². The Morgan fingerprint density at radius 1 is 0.800 bits per heavy atom. The van der Waals surface area contributed by atoms with Gasteiger partial charge in [-0.05, 0) is 12.2 Å². The van der Waals surface area contributed by atoms with Crippen LogP contribution in [0.4, 0.5) is 0 Å². The number of hydrogen-bond acceptors (Lipinski definition) is 15. The SMILES string of the molecule is COc1c(O)c2c(c(O)c1S[C@@H]1O[C@@H](COC(C)=O)[C@@H](OC(C)=O)[C@H](OC(C)=O)[C@H]1OC(C)=O)C(=O)C=CC2=O. The zero-order valence-electron chi connectivity index (χ0n) is 22.0. The van der Waals surface area contributed by atoms with Crippen LogP contribution in [0.15, 0.2) is 17.0 Å². The normalized spacial score (nSPS) is 23.6. The summed E-state index contributed by atoms with van der Waals surface area (Å²) in [5, 5.41) is 21.9. The van der Waals surface area contributed by atoms with Crippen LogP contribution in [0.2, 0.25) is 0 Å². The molecular weight excluding hydrogens is 556 g/mol. The largest absolute Gasteiger partial charge is 0.506 e. The highest BCUT2D eigenvalue weighted by molar-refractivity contribution is 8.00. The molecule has 1 saturated heterocycles. The van der Waals surface area contributed by atoms with Gasteiger partial charge in [-0.25, -0.2) is 0 Å². The first-order valence-corrected chi connectivity index (χ1v) is 12.5. The first-order chi connectivity index (χ1) is 18.8. The molecule has 1 aromatic rings. The number of rotatable bonds is 8. The summed E-state index contributed by atoms with van der Waals surface area (Å²) in [4.78, 5) is 72.2. The Hall–Kier alpha value is -4.11. The van der Waals surface area contributed by atoms with Gasteiger partial charge in [0.1, 0.15) is 23.9 Å². The Morgan fingerprint density at radius 2 is 1.30 bits per heavy atom. The summed E-state index contributed by atoms with van der Waals surface area (Å²) in [5.74, 6) is -6.68. The second-order valence-electron chi connectivity index (χ2n) is 8.56. The van der Waals surface area contributed by atoms with E-state index in [0.717, 1.165) is 47.0 Å².